The number of aromatic nitrogens is 2. The Morgan fingerprint density at radius 2 is 2.05 bits per heavy atom. The molecule has 0 bridgehead atoms. The van der Waals surface area contributed by atoms with Crippen molar-refractivity contribution in [2.75, 3.05) is 20.1 Å². The second-order valence-corrected chi connectivity index (χ2v) is 5.17. The quantitative estimate of drug-likeness (QED) is 0.839. The molecule has 0 aliphatic heterocycles. The Morgan fingerprint density at radius 3 is 2.65 bits per heavy atom. The van der Waals surface area contributed by atoms with Gasteiger partial charge in [-0.2, -0.15) is 0 Å². The van der Waals surface area contributed by atoms with Gasteiger partial charge in [-0.3, -0.25) is 4.90 Å². The van der Waals surface area contributed by atoms with Gasteiger partial charge in [0.2, 0.25) is 0 Å². The second kappa shape index (κ2) is 7.22. The van der Waals surface area contributed by atoms with Crippen LogP contribution in [0.2, 0.25) is 0 Å². The molecule has 0 fully saturated rings. The van der Waals surface area contributed by atoms with Crippen molar-refractivity contribution in [1.29, 1.82) is 0 Å². The van der Waals surface area contributed by atoms with Crippen LogP contribution in [0.5, 0.6) is 0 Å². The Labute approximate surface area is 121 Å². The van der Waals surface area contributed by atoms with E-state index in [9.17, 15) is 0 Å². The van der Waals surface area contributed by atoms with Gasteiger partial charge >= 0.3 is 0 Å². The molecule has 1 aromatic carbocycles. The van der Waals surface area contributed by atoms with Gasteiger partial charge in [0.05, 0.1) is 6.54 Å². The lowest BCUT2D eigenvalue weighted by Crippen LogP contribution is -2.33. The van der Waals surface area contributed by atoms with Gasteiger partial charge in [0.1, 0.15) is 5.82 Å². The van der Waals surface area contributed by atoms with Gasteiger partial charge in [-0.05, 0) is 19.2 Å². The summed E-state index contributed by atoms with van der Waals surface area (Å²) in [5.41, 5.74) is 1.33. The second-order valence-electron chi connectivity index (χ2n) is 5.17. The molecule has 4 nitrogen and oxygen atoms in total. The summed E-state index contributed by atoms with van der Waals surface area (Å²) in [6, 6.07) is 11.0. The van der Waals surface area contributed by atoms with Crippen molar-refractivity contribution in [1.82, 2.24) is 19.8 Å². The average molecular weight is 272 g/mol. The van der Waals surface area contributed by atoms with Gasteiger partial charge in [-0.25, -0.2) is 4.98 Å². The van der Waals surface area contributed by atoms with Crippen LogP contribution in [0.1, 0.15) is 24.4 Å². The molecule has 2 aromatic rings. The van der Waals surface area contributed by atoms with Crippen LogP contribution in [0.3, 0.4) is 0 Å². The van der Waals surface area contributed by atoms with Crippen LogP contribution in [-0.2, 0) is 13.6 Å². The molecule has 0 saturated heterocycles. The molecule has 0 radical (unpaired) electrons. The molecule has 0 amide bonds. The number of hydrogen-bond donors (Lipinski definition) is 1. The fourth-order valence-corrected chi connectivity index (χ4v) is 2.39. The van der Waals surface area contributed by atoms with Crippen molar-refractivity contribution < 1.29 is 0 Å². The fourth-order valence-electron chi connectivity index (χ4n) is 2.39. The first-order valence-corrected chi connectivity index (χ1v) is 7.13. The Balaban J connectivity index is 1.99. The third-order valence-electron chi connectivity index (χ3n) is 3.48. The molecule has 1 unspecified atom stereocenters. The van der Waals surface area contributed by atoms with E-state index in [1.54, 1.807) is 0 Å². The van der Waals surface area contributed by atoms with Crippen LogP contribution < -0.4 is 5.32 Å². The summed E-state index contributed by atoms with van der Waals surface area (Å²) in [5, 5.41) is 3.56. The van der Waals surface area contributed by atoms with E-state index in [0.29, 0.717) is 6.04 Å². The predicted molar refractivity (Wildman–Crippen MR) is 82.4 cm³/mol. The van der Waals surface area contributed by atoms with Gasteiger partial charge in [0.25, 0.3) is 0 Å². The molecule has 4 heteroatoms. The fraction of sp³-hybridized carbons (Fsp3) is 0.438. The zero-order valence-electron chi connectivity index (χ0n) is 12.6. The number of rotatable bonds is 7. The molecule has 1 aromatic heterocycles. The molecule has 2 rings (SSSR count). The summed E-state index contributed by atoms with van der Waals surface area (Å²) in [5.74, 6) is 1.09. The monoisotopic (exact) mass is 272 g/mol. The van der Waals surface area contributed by atoms with Crippen molar-refractivity contribution in [3.8, 4) is 0 Å². The number of hydrogen-bond acceptors (Lipinski definition) is 3. The number of nitrogens with zero attached hydrogens (tertiary/aromatic N) is 3. The van der Waals surface area contributed by atoms with Gasteiger partial charge in [0, 0.05) is 32.0 Å². The highest BCUT2D eigenvalue weighted by molar-refractivity contribution is 5.19. The van der Waals surface area contributed by atoms with E-state index in [4.69, 9.17) is 0 Å². The Bertz CT molecular complexity index is 506. The van der Waals surface area contributed by atoms with Crippen LogP contribution in [0.25, 0.3) is 0 Å². The van der Waals surface area contributed by atoms with E-state index in [1.807, 2.05) is 19.4 Å². The molecule has 1 heterocycles. The smallest absolute Gasteiger partial charge is 0.122 e. The van der Waals surface area contributed by atoms with Gasteiger partial charge in [-0.1, -0.05) is 37.3 Å². The molecular formula is C16H24N4. The molecule has 1 atom stereocenters. The van der Waals surface area contributed by atoms with E-state index in [0.717, 1.165) is 25.5 Å². The molecule has 0 spiro atoms. The lowest BCUT2D eigenvalue weighted by Gasteiger charge is -2.25. The topological polar surface area (TPSA) is 33.1 Å². The third-order valence-corrected chi connectivity index (χ3v) is 3.48. The molecule has 0 aliphatic carbocycles. The SMILES string of the molecule is CCNC(CN(C)Cc1nccn1C)c1ccccc1. The van der Waals surface area contributed by atoms with E-state index < -0.39 is 0 Å². The molecule has 1 N–H and O–H groups in total. The van der Waals surface area contributed by atoms with E-state index in [-0.39, 0.29) is 0 Å². The van der Waals surface area contributed by atoms with Crippen molar-refractivity contribution in [3.05, 3.63) is 54.1 Å². The van der Waals surface area contributed by atoms with Crippen molar-refractivity contribution >= 4 is 0 Å². The summed E-state index contributed by atoms with van der Waals surface area (Å²) in [6.07, 6.45) is 3.84. The standard InChI is InChI=1S/C16H24N4/c1-4-17-15(14-8-6-5-7-9-14)12-19(2)13-16-18-10-11-20(16)3/h5-11,15,17H,4,12-13H2,1-3H3. The minimum absolute atomic E-state index is 0.353. The number of aryl methyl sites for hydroxylation is 1. The molecular weight excluding hydrogens is 248 g/mol. The summed E-state index contributed by atoms with van der Waals surface area (Å²) >= 11 is 0. The van der Waals surface area contributed by atoms with Crippen molar-refractivity contribution in [3.63, 3.8) is 0 Å². The Hall–Kier alpha value is -1.65. The number of likely N-dealkylation sites (N-methyl/N-ethyl adjacent to an activating group) is 2. The van der Waals surface area contributed by atoms with Crippen LogP contribution in [-0.4, -0.2) is 34.6 Å². The highest BCUT2D eigenvalue weighted by Gasteiger charge is 2.13. The molecule has 0 saturated carbocycles. The first kappa shape index (κ1) is 14.8. The van der Waals surface area contributed by atoms with E-state index >= 15 is 0 Å². The summed E-state index contributed by atoms with van der Waals surface area (Å²) in [6.45, 7) is 4.94. The van der Waals surface area contributed by atoms with Gasteiger partial charge in [0.15, 0.2) is 0 Å². The highest BCUT2D eigenvalue weighted by atomic mass is 15.2. The molecule has 108 valence electrons. The maximum atomic E-state index is 4.38. The van der Waals surface area contributed by atoms with Gasteiger partial charge in [-0.15, -0.1) is 0 Å². The third kappa shape index (κ3) is 3.92. The summed E-state index contributed by atoms with van der Waals surface area (Å²) in [4.78, 5) is 6.69. The van der Waals surface area contributed by atoms with Crippen molar-refractivity contribution in [2.24, 2.45) is 7.05 Å². The minimum atomic E-state index is 0.353. The maximum Gasteiger partial charge on any atom is 0.122 e. The average Bonchev–Trinajstić information content (AvgIpc) is 2.85. The first-order chi connectivity index (χ1) is 9.70. The van der Waals surface area contributed by atoms with E-state index in [1.165, 1.54) is 5.56 Å². The summed E-state index contributed by atoms with van der Waals surface area (Å²) < 4.78 is 2.07. The Morgan fingerprint density at radius 1 is 1.30 bits per heavy atom. The van der Waals surface area contributed by atoms with Crippen LogP contribution in [0.4, 0.5) is 0 Å². The number of nitrogens with one attached hydrogen (secondary N) is 1. The van der Waals surface area contributed by atoms with Crippen LogP contribution in [0, 0.1) is 0 Å². The lowest BCUT2D eigenvalue weighted by molar-refractivity contribution is 0.276. The molecule has 0 aliphatic rings. The normalized spacial score (nSPS) is 12.8. The van der Waals surface area contributed by atoms with Crippen LogP contribution >= 0.6 is 0 Å². The molecule has 20 heavy (non-hydrogen) atoms. The number of imidazole rings is 1. The van der Waals surface area contributed by atoms with E-state index in [2.05, 4.69) is 64.1 Å². The highest BCUT2D eigenvalue weighted by Crippen LogP contribution is 2.14. The van der Waals surface area contributed by atoms with Crippen LogP contribution in [0.15, 0.2) is 42.7 Å². The Kier molecular flexibility index (Phi) is 5.32. The number of benzene rings is 1. The minimum Gasteiger partial charge on any atom is -0.337 e. The predicted octanol–water partition coefficient (Wildman–Crippen LogP) is 2.20. The van der Waals surface area contributed by atoms with Gasteiger partial charge < -0.3 is 9.88 Å². The maximum absolute atomic E-state index is 4.38. The zero-order valence-corrected chi connectivity index (χ0v) is 12.6. The zero-order chi connectivity index (χ0) is 14.4. The first-order valence-electron chi connectivity index (χ1n) is 7.13. The largest absolute Gasteiger partial charge is 0.337 e. The summed E-state index contributed by atoms with van der Waals surface area (Å²) in [7, 11) is 4.18. The van der Waals surface area contributed by atoms with Crippen molar-refractivity contribution in [2.45, 2.75) is 19.5 Å². The lowest BCUT2D eigenvalue weighted by atomic mass is 10.1.